The Balaban J connectivity index is 1.63. The SMILES string of the molecule is O=C(C[C@H]1CCO[C@@H](c2ccc(Br)cc2)C1)c1ccccc1. The minimum Gasteiger partial charge on any atom is -0.374 e. The Morgan fingerprint density at radius 2 is 1.82 bits per heavy atom. The smallest absolute Gasteiger partial charge is 0.163 e. The van der Waals surface area contributed by atoms with Crippen molar-refractivity contribution in [2.45, 2.75) is 25.4 Å². The topological polar surface area (TPSA) is 26.3 Å². The van der Waals surface area contributed by atoms with Crippen LogP contribution in [0, 0.1) is 5.92 Å². The van der Waals surface area contributed by atoms with Crippen molar-refractivity contribution in [3.8, 4) is 0 Å². The fourth-order valence-electron chi connectivity index (χ4n) is 2.96. The van der Waals surface area contributed by atoms with E-state index in [4.69, 9.17) is 4.74 Å². The van der Waals surface area contributed by atoms with Gasteiger partial charge in [0.2, 0.25) is 0 Å². The first-order chi connectivity index (χ1) is 10.7. The molecule has 0 spiro atoms. The summed E-state index contributed by atoms with van der Waals surface area (Å²) in [6.45, 7) is 0.730. The van der Waals surface area contributed by atoms with E-state index in [1.165, 1.54) is 5.56 Å². The molecule has 3 rings (SSSR count). The fourth-order valence-corrected chi connectivity index (χ4v) is 3.23. The molecule has 1 fully saturated rings. The molecule has 2 aromatic carbocycles. The molecule has 0 radical (unpaired) electrons. The average Bonchev–Trinajstić information content (AvgIpc) is 2.56. The van der Waals surface area contributed by atoms with Gasteiger partial charge in [-0.3, -0.25) is 4.79 Å². The van der Waals surface area contributed by atoms with Crippen molar-refractivity contribution in [1.29, 1.82) is 0 Å². The Morgan fingerprint density at radius 3 is 2.55 bits per heavy atom. The van der Waals surface area contributed by atoms with Gasteiger partial charge in [-0.2, -0.15) is 0 Å². The lowest BCUT2D eigenvalue weighted by molar-refractivity contribution is -0.0108. The third-order valence-electron chi connectivity index (χ3n) is 4.20. The van der Waals surface area contributed by atoms with Crippen molar-refractivity contribution < 1.29 is 9.53 Å². The van der Waals surface area contributed by atoms with Crippen LogP contribution in [-0.4, -0.2) is 12.4 Å². The van der Waals surface area contributed by atoms with Gasteiger partial charge in [0.25, 0.3) is 0 Å². The molecular formula is C19H19BrO2. The van der Waals surface area contributed by atoms with Gasteiger partial charge in [-0.1, -0.05) is 58.4 Å². The highest BCUT2D eigenvalue weighted by Crippen LogP contribution is 2.34. The van der Waals surface area contributed by atoms with E-state index in [0.717, 1.165) is 29.5 Å². The van der Waals surface area contributed by atoms with Crippen LogP contribution in [0.1, 0.15) is 41.3 Å². The summed E-state index contributed by atoms with van der Waals surface area (Å²) in [6.07, 6.45) is 2.60. The Bertz CT molecular complexity index is 622. The molecule has 22 heavy (non-hydrogen) atoms. The van der Waals surface area contributed by atoms with Crippen LogP contribution in [0.25, 0.3) is 0 Å². The summed E-state index contributed by atoms with van der Waals surface area (Å²) in [5.41, 5.74) is 2.01. The molecule has 114 valence electrons. The normalized spacial score (nSPS) is 21.5. The second-order valence-corrected chi connectivity index (χ2v) is 6.71. The summed E-state index contributed by atoms with van der Waals surface area (Å²) in [4.78, 5) is 12.4. The van der Waals surface area contributed by atoms with E-state index in [-0.39, 0.29) is 11.9 Å². The van der Waals surface area contributed by atoms with Crippen LogP contribution in [-0.2, 0) is 4.74 Å². The van der Waals surface area contributed by atoms with Crippen molar-refractivity contribution in [2.75, 3.05) is 6.61 Å². The predicted octanol–water partition coefficient (Wildman–Crippen LogP) is 5.19. The van der Waals surface area contributed by atoms with Crippen LogP contribution < -0.4 is 0 Å². The van der Waals surface area contributed by atoms with Gasteiger partial charge in [-0.25, -0.2) is 0 Å². The van der Waals surface area contributed by atoms with E-state index < -0.39 is 0 Å². The number of ketones is 1. The zero-order valence-electron chi connectivity index (χ0n) is 12.4. The average molecular weight is 359 g/mol. The molecule has 3 heteroatoms. The number of Topliss-reactive ketones (excluding diaryl/α,β-unsaturated/α-hetero) is 1. The summed E-state index contributed by atoms with van der Waals surface area (Å²) in [5.74, 6) is 0.636. The fraction of sp³-hybridized carbons (Fsp3) is 0.316. The molecule has 0 unspecified atom stereocenters. The van der Waals surface area contributed by atoms with Gasteiger partial charge in [-0.15, -0.1) is 0 Å². The molecule has 1 aliphatic heterocycles. The van der Waals surface area contributed by atoms with E-state index in [1.807, 2.05) is 42.5 Å². The number of rotatable bonds is 4. The van der Waals surface area contributed by atoms with E-state index in [1.54, 1.807) is 0 Å². The molecule has 2 atom stereocenters. The number of hydrogen-bond donors (Lipinski definition) is 0. The molecule has 1 aliphatic rings. The lowest BCUT2D eigenvalue weighted by atomic mass is 9.87. The maximum absolute atomic E-state index is 12.4. The summed E-state index contributed by atoms with van der Waals surface area (Å²) in [5, 5.41) is 0. The van der Waals surface area contributed by atoms with E-state index in [2.05, 4.69) is 28.1 Å². The van der Waals surface area contributed by atoms with Gasteiger partial charge in [-0.05, 0) is 36.5 Å². The van der Waals surface area contributed by atoms with Gasteiger partial charge in [0.15, 0.2) is 5.78 Å². The van der Waals surface area contributed by atoms with Crippen molar-refractivity contribution in [1.82, 2.24) is 0 Å². The molecule has 0 aromatic heterocycles. The predicted molar refractivity (Wildman–Crippen MR) is 90.9 cm³/mol. The number of benzene rings is 2. The van der Waals surface area contributed by atoms with Gasteiger partial charge >= 0.3 is 0 Å². The molecule has 0 aliphatic carbocycles. The zero-order valence-corrected chi connectivity index (χ0v) is 14.0. The van der Waals surface area contributed by atoms with Gasteiger partial charge in [0, 0.05) is 23.1 Å². The van der Waals surface area contributed by atoms with Crippen LogP contribution >= 0.6 is 15.9 Å². The van der Waals surface area contributed by atoms with E-state index in [0.29, 0.717) is 12.3 Å². The largest absolute Gasteiger partial charge is 0.374 e. The molecule has 0 saturated carbocycles. The molecule has 2 nitrogen and oxygen atoms in total. The van der Waals surface area contributed by atoms with Crippen molar-refractivity contribution in [3.05, 3.63) is 70.2 Å². The van der Waals surface area contributed by atoms with Crippen LogP contribution in [0.4, 0.5) is 0 Å². The monoisotopic (exact) mass is 358 g/mol. The molecule has 0 amide bonds. The van der Waals surface area contributed by atoms with Crippen LogP contribution in [0.2, 0.25) is 0 Å². The number of hydrogen-bond acceptors (Lipinski definition) is 2. The molecule has 1 heterocycles. The Labute approximate surface area is 139 Å². The second-order valence-electron chi connectivity index (χ2n) is 5.79. The van der Waals surface area contributed by atoms with Crippen molar-refractivity contribution >= 4 is 21.7 Å². The number of halogens is 1. The first-order valence-electron chi connectivity index (χ1n) is 7.67. The number of carbonyl (C=O) groups excluding carboxylic acids is 1. The Hall–Kier alpha value is -1.45. The summed E-state index contributed by atoms with van der Waals surface area (Å²) in [6, 6.07) is 17.8. The Kier molecular flexibility index (Phi) is 5.06. The third-order valence-corrected chi connectivity index (χ3v) is 4.73. The minimum absolute atomic E-state index is 0.107. The Morgan fingerprint density at radius 1 is 1.09 bits per heavy atom. The van der Waals surface area contributed by atoms with Crippen molar-refractivity contribution in [2.24, 2.45) is 5.92 Å². The van der Waals surface area contributed by atoms with Gasteiger partial charge < -0.3 is 4.74 Å². The number of carbonyl (C=O) groups is 1. The minimum atomic E-state index is 0.107. The van der Waals surface area contributed by atoms with Crippen LogP contribution in [0.3, 0.4) is 0 Å². The zero-order chi connectivity index (χ0) is 15.4. The number of ether oxygens (including phenoxy) is 1. The summed E-state index contributed by atoms with van der Waals surface area (Å²) >= 11 is 3.45. The standard InChI is InChI=1S/C19H19BrO2/c20-17-8-6-16(7-9-17)19-13-14(10-11-22-19)12-18(21)15-4-2-1-3-5-15/h1-9,14,19H,10-13H2/t14-,19-/m1/s1. The maximum atomic E-state index is 12.4. The first-order valence-corrected chi connectivity index (χ1v) is 8.47. The van der Waals surface area contributed by atoms with Crippen molar-refractivity contribution in [3.63, 3.8) is 0 Å². The first kappa shape index (κ1) is 15.4. The van der Waals surface area contributed by atoms with E-state index in [9.17, 15) is 4.79 Å². The molecule has 1 saturated heterocycles. The highest BCUT2D eigenvalue weighted by Gasteiger charge is 2.25. The quantitative estimate of drug-likeness (QED) is 0.703. The molecule has 0 bridgehead atoms. The highest BCUT2D eigenvalue weighted by atomic mass is 79.9. The van der Waals surface area contributed by atoms with E-state index >= 15 is 0 Å². The van der Waals surface area contributed by atoms with Crippen LogP contribution in [0.15, 0.2) is 59.1 Å². The molecule has 0 N–H and O–H groups in total. The summed E-state index contributed by atoms with van der Waals surface area (Å²) in [7, 11) is 0. The van der Waals surface area contributed by atoms with Gasteiger partial charge in [0.05, 0.1) is 6.10 Å². The maximum Gasteiger partial charge on any atom is 0.163 e. The second kappa shape index (κ2) is 7.21. The van der Waals surface area contributed by atoms with Crippen LogP contribution in [0.5, 0.6) is 0 Å². The lowest BCUT2D eigenvalue weighted by Crippen LogP contribution is -2.22. The van der Waals surface area contributed by atoms with Gasteiger partial charge in [0.1, 0.15) is 0 Å². The highest BCUT2D eigenvalue weighted by molar-refractivity contribution is 9.10. The summed E-state index contributed by atoms with van der Waals surface area (Å²) < 4.78 is 6.97. The third kappa shape index (κ3) is 3.84. The molecular weight excluding hydrogens is 340 g/mol. The molecule has 2 aromatic rings. The lowest BCUT2D eigenvalue weighted by Gasteiger charge is -2.29.